The Hall–Kier alpha value is -2.10. The maximum Gasteiger partial charge on any atom is 0.340 e. The van der Waals surface area contributed by atoms with E-state index in [0.29, 0.717) is 5.76 Å². The Morgan fingerprint density at radius 1 is 1.44 bits per heavy atom. The van der Waals surface area contributed by atoms with Crippen LogP contribution in [0.1, 0.15) is 23.0 Å². The van der Waals surface area contributed by atoms with Crippen LogP contribution >= 0.6 is 0 Å². The summed E-state index contributed by atoms with van der Waals surface area (Å²) in [7, 11) is 0. The van der Waals surface area contributed by atoms with E-state index in [-0.39, 0.29) is 5.91 Å². The molecule has 0 aromatic carbocycles. The molecule has 0 aliphatic rings. The minimum absolute atomic E-state index is 0.261. The summed E-state index contributed by atoms with van der Waals surface area (Å²) in [6.45, 7) is 2.06. The standard InChI is InChI=1S/C12H12N2O2/c1-2-10-5-3-7-14(9-10)13-12(15)11-6-4-8-16-11/h3-9H,2H2,1H3/p+1. The van der Waals surface area contributed by atoms with Gasteiger partial charge in [0.15, 0.2) is 12.0 Å². The second-order valence-electron chi connectivity index (χ2n) is 3.39. The van der Waals surface area contributed by atoms with E-state index in [1.54, 1.807) is 23.0 Å². The lowest BCUT2D eigenvalue weighted by Gasteiger charge is -1.98. The van der Waals surface area contributed by atoms with Gasteiger partial charge in [0, 0.05) is 11.6 Å². The van der Waals surface area contributed by atoms with Crippen molar-refractivity contribution < 1.29 is 13.9 Å². The molecule has 0 fully saturated rings. The summed E-state index contributed by atoms with van der Waals surface area (Å²) >= 11 is 0. The third kappa shape index (κ3) is 2.28. The molecule has 0 bridgehead atoms. The molecule has 2 aromatic heterocycles. The van der Waals surface area contributed by atoms with Crippen LogP contribution in [-0.2, 0) is 6.42 Å². The Morgan fingerprint density at radius 2 is 2.31 bits per heavy atom. The average Bonchev–Trinajstić information content (AvgIpc) is 2.83. The summed E-state index contributed by atoms with van der Waals surface area (Å²) in [5.41, 5.74) is 3.86. The van der Waals surface area contributed by atoms with Gasteiger partial charge in [-0.05, 0) is 24.6 Å². The van der Waals surface area contributed by atoms with Crippen molar-refractivity contribution in [2.75, 3.05) is 5.43 Å². The molecule has 1 amide bonds. The van der Waals surface area contributed by atoms with Crippen molar-refractivity contribution in [3.8, 4) is 0 Å². The summed E-state index contributed by atoms with van der Waals surface area (Å²) in [6.07, 6.45) is 6.06. The molecule has 4 heteroatoms. The highest BCUT2D eigenvalue weighted by Crippen LogP contribution is 1.99. The molecule has 1 N–H and O–H groups in total. The molecule has 0 saturated heterocycles. The van der Waals surface area contributed by atoms with Gasteiger partial charge >= 0.3 is 5.91 Å². The average molecular weight is 217 g/mol. The zero-order chi connectivity index (χ0) is 11.4. The number of rotatable bonds is 3. The van der Waals surface area contributed by atoms with Gasteiger partial charge < -0.3 is 4.42 Å². The van der Waals surface area contributed by atoms with Gasteiger partial charge in [0.1, 0.15) is 0 Å². The van der Waals surface area contributed by atoms with Crippen LogP contribution in [0.5, 0.6) is 0 Å². The van der Waals surface area contributed by atoms with Crippen molar-refractivity contribution >= 4 is 5.91 Å². The molecule has 2 rings (SSSR count). The van der Waals surface area contributed by atoms with E-state index in [1.807, 2.05) is 18.3 Å². The van der Waals surface area contributed by atoms with Crippen molar-refractivity contribution in [1.82, 2.24) is 0 Å². The second kappa shape index (κ2) is 4.61. The first-order valence-corrected chi connectivity index (χ1v) is 5.14. The second-order valence-corrected chi connectivity index (χ2v) is 3.39. The van der Waals surface area contributed by atoms with Crippen LogP contribution in [0.3, 0.4) is 0 Å². The van der Waals surface area contributed by atoms with Crippen molar-refractivity contribution in [3.63, 3.8) is 0 Å². The Balaban J connectivity index is 2.12. The highest BCUT2D eigenvalue weighted by Gasteiger charge is 2.12. The van der Waals surface area contributed by atoms with Gasteiger partial charge in [-0.15, -0.1) is 5.43 Å². The number of pyridine rings is 1. The molecule has 0 aliphatic heterocycles. The van der Waals surface area contributed by atoms with Crippen molar-refractivity contribution in [2.24, 2.45) is 0 Å². The molecule has 4 nitrogen and oxygen atoms in total. The summed E-state index contributed by atoms with van der Waals surface area (Å²) in [6, 6.07) is 7.21. The molecule has 82 valence electrons. The third-order valence-corrected chi connectivity index (χ3v) is 2.25. The summed E-state index contributed by atoms with van der Waals surface area (Å²) in [5, 5.41) is 0. The number of aryl methyl sites for hydroxylation is 1. The number of nitrogens with zero attached hydrogens (tertiary/aromatic N) is 1. The van der Waals surface area contributed by atoms with Crippen LogP contribution in [-0.4, -0.2) is 5.91 Å². The van der Waals surface area contributed by atoms with Gasteiger partial charge in [-0.3, -0.25) is 4.79 Å². The predicted octanol–water partition coefficient (Wildman–Crippen LogP) is 1.51. The van der Waals surface area contributed by atoms with Gasteiger partial charge in [-0.25, -0.2) is 0 Å². The number of amides is 1. The van der Waals surface area contributed by atoms with Gasteiger partial charge in [0.25, 0.3) is 0 Å². The maximum absolute atomic E-state index is 11.6. The van der Waals surface area contributed by atoms with Crippen molar-refractivity contribution in [1.29, 1.82) is 0 Å². The fourth-order valence-electron chi connectivity index (χ4n) is 1.38. The number of hydrogen-bond acceptors (Lipinski definition) is 2. The summed E-state index contributed by atoms with van der Waals surface area (Å²) < 4.78 is 6.63. The third-order valence-electron chi connectivity index (χ3n) is 2.25. The molecule has 2 aromatic rings. The van der Waals surface area contributed by atoms with E-state index >= 15 is 0 Å². The molecule has 0 unspecified atom stereocenters. The Morgan fingerprint density at radius 3 is 3.00 bits per heavy atom. The molecular formula is C12H13N2O2+. The predicted molar refractivity (Wildman–Crippen MR) is 58.4 cm³/mol. The number of carbonyl (C=O) groups is 1. The van der Waals surface area contributed by atoms with Crippen LogP contribution in [0.25, 0.3) is 0 Å². The topological polar surface area (TPSA) is 46.1 Å². The first kappa shape index (κ1) is 10.4. The smallest absolute Gasteiger partial charge is 0.340 e. The van der Waals surface area contributed by atoms with Crippen LogP contribution in [0.2, 0.25) is 0 Å². The molecule has 0 aliphatic carbocycles. The Labute approximate surface area is 93.5 Å². The zero-order valence-corrected chi connectivity index (χ0v) is 9.01. The highest BCUT2D eigenvalue weighted by molar-refractivity contribution is 5.96. The number of aromatic nitrogens is 1. The monoisotopic (exact) mass is 217 g/mol. The lowest BCUT2D eigenvalue weighted by Crippen LogP contribution is -2.47. The minimum atomic E-state index is -0.261. The fraction of sp³-hybridized carbons (Fsp3) is 0.167. The molecular weight excluding hydrogens is 204 g/mol. The van der Waals surface area contributed by atoms with E-state index in [2.05, 4.69) is 12.3 Å². The van der Waals surface area contributed by atoms with Crippen LogP contribution < -0.4 is 10.1 Å². The van der Waals surface area contributed by atoms with Gasteiger partial charge in [-0.1, -0.05) is 11.6 Å². The largest absolute Gasteiger partial charge is 0.459 e. The number of nitrogens with one attached hydrogen (secondary N) is 1. The van der Waals surface area contributed by atoms with Crippen LogP contribution in [0, 0.1) is 0 Å². The molecule has 0 atom stereocenters. The molecule has 0 spiro atoms. The maximum atomic E-state index is 11.6. The van der Waals surface area contributed by atoms with Crippen molar-refractivity contribution in [2.45, 2.75) is 13.3 Å². The summed E-state index contributed by atoms with van der Waals surface area (Å²) in [4.78, 5) is 11.6. The Kier molecular flexibility index (Phi) is 3.00. The van der Waals surface area contributed by atoms with Gasteiger partial charge in [0.2, 0.25) is 6.20 Å². The van der Waals surface area contributed by atoms with Crippen LogP contribution in [0.15, 0.2) is 47.3 Å². The number of hydrogen-bond donors (Lipinski definition) is 1. The lowest BCUT2D eigenvalue weighted by molar-refractivity contribution is -0.641. The first-order chi connectivity index (χ1) is 7.79. The lowest BCUT2D eigenvalue weighted by atomic mass is 10.2. The number of furan rings is 1. The first-order valence-electron chi connectivity index (χ1n) is 5.14. The van der Waals surface area contributed by atoms with E-state index in [9.17, 15) is 4.79 Å². The molecule has 16 heavy (non-hydrogen) atoms. The van der Waals surface area contributed by atoms with E-state index in [0.717, 1.165) is 12.0 Å². The fourth-order valence-corrected chi connectivity index (χ4v) is 1.38. The quantitative estimate of drug-likeness (QED) is 0.792. The molecule has 2 heterocycles. The number of carbonyl (C=O) groups excluding carboxylic acids is 1. The van der Waals surface area contributed by atoms with Gasteiger partial charge in [-0.2, -0.15) is 0 Å². The van der Waals surface area contributed by atoms with E-state index in [4.69, 9.17) is 4.42 Å². The van der Waals surface area contributed by atoms with E-state index < -0.39 is 0 Å². The zero-order valence-electron chi connectivity index (χ0n) is 9.01. The SMILES string of the molecule is CCc1ccc[n+](NC(=O)c2ccco2)c1. The van der Waals surface area contributed by atoms with E-state index in [1.165, 1.54) is 6.26 Å². The summed E-state index contributed by atoms with van der Waals surface area (Å²) in [5.74, 6) is 0.0395. The molecule has 0 radical (unpaired) electrons. The van der Waals surface area contributed by atoms with Crippen molar-refractivity contribution in [3.05, 3.63) is 54.2 Å². The Bertz CT molecular complexity index is 478. The normalized spacial score (nSPS) is 10.1. The van der Waals surface area contributed by atoms with Gasteiger partial charge in [0.05, 0.1) is 6.26 Å². The highest BCUT2D eigenvalue weighted by atomic mass is 16.3. The molecule has 0 saturated carbocycles. The minimum Gasteiger partial charge on any atom is -0.459 e. The van der Waals surface area contributed by atoms with Crippen LogP contribution in [0.4, 0.5) is 0 Å².